The van der Waals surface area contributed by atoms with E-state index in [4.69, 9.17) is 24.9 Å². The molecular formula is C113H82O4S3. The van der Waals surface area contributed by atoms with E-state index in [9.17, 15) is 0 Å². The van der Waals surface area contributed by atoms with Crippen LogP contribution in [0.15, 0.2) is 16.8 Å². The molecule has 0 amide bonds. The zero-order valence-electron chi connectivity index (χ0n) is 68.7. The van der Waals surface area contributed by atoms with Gasteiger partial charge in [0.05, 0.1) is 51.4 Å². The summed E-state index contributed by atoms with van der Waals surface area (Å²) >= 11 is 5.59. The Hall–Kier alpha value is -9.68. The van der Waals surface area contributed by atoms with Crippen molar-refractivity contribution in [2.75, 3.05) is 26.4 Å². The average molecular weight is 1600 g/mol. The predicted octanol–water partition coefficient (Wildman–Crippen LogP) is 34.4. The van der Waals surface area contributed by atoms with Crippen LogP contribution < -0.4 is 18.9 Å². The van der Waals surface area contributed by atoms with Gasteiger partial charge in [-0.05, 0) is 352 Å². The summed E-state index contributed by atoms with van der Waals surface area (Å²) in [5, 5.41) is 92.1. The Balaban J connectivity index is 0.640. The second-order valence-corrected chi connectivity index (χ2v) is 44.8. The van der Waals surface area contributed by atoms with E-state index in [-0.39, 0.29) is 10.8 Å². The Morgan fingerprint density at radius 1 is 0.267 bits per heavy atom. The average Bonchev–Trinajstić information content (AvgIpc) is 1.38. The highest BCUT2D eigenvalue weighted by molar-refractivity contribution is 7.26. The van der Waals surface area contributed by atoms with Gasteiger partial charge in [-0.3, -0.25) is 0 Å². The summed E-state index contributed by atoms with van der Waals surface area (Å²) in [6.07, 6.45) is 35.6. The van der Waals surface area contributed by atoms with Crippen molar-refractivity contribution >= 4 is 325 Å². The van der Waals surface area contributed by atoms with Crippen LogP contribution in [-0.2, 0) is 10.8 Å². The van der Waals surface area contributed by atoms with Crippen LogP contribution in [0.1, 0.15) is 242 Å². The molecule has 7 heteroatoms. The number of ether oxygens (including phenoxy) is 4. The normalized spacial score (nSPS) is 19.6. The first-order valence-electron chi connectivity index (χ1n) is 47.6. The van der Waals surface area contributed by atoms with Gasteiger partial charge in [-0.15, -0.1) is 34.0 Å². The smallest absolute Gasteiger partial charge is 0.180 e. The van der Waals surface area contributed by atoms with Crippen molar-refractivity contribution in [3.63, 3.8) is 0 Å². The minimum absolute atomic E-state index is 0.0362. The van der Waals surface area contributed by atoms with Gasteiger partial charge in [0.1, 0.15) is 0 Å². The minimum Gasteiger partial charge on any atom is -0.488 e. The standard InChI is InChI=1S/C113H82O4S3/c1-6-10-14-18-22-26-31-111(32-27-23-19-15-11-7-2)39-114-44-37-118-108(105(44)116-41-111)46-36-43(107(120-46)109-106-45(38-119-109)115-40-112(42-117-106,33-28-24-20-16-12-8-3)34-29-25-21-17-13-9-4)30-35-113-103-97-91-81-69-61-53-49-47-48-51-55(53)63(69)73-67-59(51)60-52(48)56-54-50(47)58-57(49)65-71(61)79-85-75(65)76-66(58)72-62(54)70-64(56)74-68(60)78-77(67)89(83(73)91)99(103)100-90(78)84(74)92-82(70)88-80(72)86(76)94-93(85)101(95(97)87(79)81)110(113,5)102(94)96(88)98(92)104(100)113/h36-38H,6-29,31-34,39-42H2,1-5H3. The van der Waals surface area contributed by atoms with E-state index in [2.05, 4.69) is 57.4 Å². The number of fused-ring (bicyclic) bond motifs is 2. The van der Waals surface area contributed by atoms with E-state index in [0.29, 0.717) is 26.4 Å². The van der Waals surface area contributed by atoms with Gasteiger partial charge in [0.2, 0.25) is 0 Å². The van der Waals surface area contributed by atoms with Crippen LogP contribution in [0.2, 0.25) is 0 Å². The first kappa shape index (κ1) is 62.4. The van der Waals surface area contributed by atoms with Crippen LogP contribution in [0, 0.1) is 22.7 Å². The summed E-state index contributed by atoms with van der Waals surface area (Å²) in [6.45, 7) is 15.0. The lowest BCUT2D eigenvalue weighted by Crippen LogP contribution is -2.49. The Bertz CT molecular complexity index is 9170. The van der Waals surface area contributed by atoms with Gasteiger partial charge in [-0.2, -0.15) is 0 Å². The van der Waals surface area contributed by atoms with Gasteiger partial charge in [-0.25, -0.2) is 0 Å². The first-order valence-corrected chi connectivity index (χ1v) is 50.1. The molecule has 2 aliphatic heterocycles. The predicted molar refractivity (Wildman–Crippen MR) is 516 cm³/mol. The number of benzene rings is 18. The van der Waals surface area contributed by atoms with E-state index >= 15 is 0 Å². The Morgan fingerprint density at radius 2 is 0.500 bits per heavy atom. The highest BCUT2D eigenvalue weighted by atomic mass is 32.1. The molecule has 0 fully saturated rings. The molecule has 4 nitrogen and oxygen atoms in total. The van der Waals surface area contributed by atoms with Crippen LogP contribution in [0.3, 0.4) is 0 Å². The zero-order valence-corrected chi connectivity index (χ0v) is 71.2. The number of thiophene rings is 3. The van der Waals surface area contributed by atoms with E-state index in [1.165, 1.54) is 174 Å². The van der Waals surface area contributed by atoms with Crippen molar-refractivity contribution in [3.05, 3.63) is 44.6 Å². The number of hydrogen-bond acceptors (Lipinski definition) is 7. The molecule has 31 aromatic rings. The van der Waals surface area contributed by atoms with E-state index < -0.39 is 10.8 Å². The molecule has 0 N–H and O–H groups in total. The van der Waals surface area contributed by atoms with Crippen LogP contribution >= 0.6 is 34.0 Å². The van der Waals surface area contributed by atoms with Gasteiger partial charge < -0.3 is 18.9 Å². The minimum atomic E-state index is -0.775. The third-order valence-electron chi connectivity index (χ3n) is 37.1. The quantitative estimate of drug-likeness (QED) is 0.0255. The fourth-order valence-corrected chi connectivity index (χ4v) is 36.5. The number of rotatable bonds is 30. The molecule has 576 valence electrons. The zero-order chi connectivity index (χ0) is 76.8. The SMILES string of the molecule is CCCCCCCCC1(CCCCCCCC)COc2csc(-c3cc(C#CC45c6c7c8c9c%10c%11c(c%12c%13c4c4c6c6c%14c7c7c8c8c%10c%10c%15c%11c%11c%12c%12c%13c%13c4c4c6c6c%14c%14c7c7c8c%10c8c%10c%15c%11c%11c%12c%12c%13c4c4c6c6c%14c7c8c7c%10c%11c%12c4c67)C95C)c(-c4scc5c4OCC(CCCCCCCC)(CCCCCCCC)CO5)s3)c2OC1. The van der Waals surface area contributed by atoms with Gasteiger partial charge in [0.25, 0.3) is 0 Å². The van der Waals surface area contributed by atoms with Crippen molar-refractivity contribution in [1.29, 1.82) is 0 Å². The van der Waals surface area contributed by atoms with Crippen LogP contribution in [-0.4, -0.2) is 26.4 Å². The van der Waals surface area contributed by atoms with Crippen molar-refractivity contribution in [2.45, 2.75) is 225 Å². The molecule has 0 spiro atoms. The first-order chi connectivity index (χ1) is 59.4. The van der Waals surface area contributed by atoms with Crippen LogP contribution in [0.5, 0.6) is 23.0 Å². The topological polar surface area (TPSA) is 36.9 Å². The molecule has 6 aliphatic rings. The van der Waals surface area contributed by atoms with Crippen molar-refractivity contribution in [3.8, 4) is 54.3 Å². The van der Waals surface area contributed by atoms with Crippen molar-refractivity contribution in [1.82, 2.24) is 0 Å². The summed E-state index contributed by atoms with van der Waals surface area (Å²) in [4.78, 5) is 4.77. The monoisotopic (exact) mass is 1600 g/mol. The summed E-state index contributed by atoms with van der Waals surface area (Å²) in [7, 11) is 0. The highest BCUT2D eigenvalue weighted by Gasteiger charge is 2.68. The van der Waals surface area contributed by atoms with Crippen LogP contribution in [0.4, 0.5) is 0 Å². The second-order valence-electron chi connectivity index (χ2n) is 42.0. The van der Waals surface area contributed by atoms with E-state index in [1.807, 2.05) is 34.0 Å². The summed E-state index contributed by atoms with van der Waals surface area (Å²) < 4.78 is 30.0. The maximum absolute atomic E-state index is 7.72. The molecule has 0 saturated heterocycles. The Morgan fingerprint density at radius 3 is 0.783 bits per heavy atom. The molecule has 120 heavy (non-hydrogen) atoms. The molecular weight excluding hydrogens is 1520 g/mol. The van der Waals surface area contributed by atoms with E-state index in [1.54, 1.807) is 313 Å². The van der Waals surface area contributed by atoms with Gasteiger partial charge in [0, 0.05) is 32.6 Å². The molecule has 37 rings (SSSR count). The lowest BCUT2D eigenvalue weighted by molar-refractivity contribution is 0.0783. The fourth-order valence-electron chi connectivity index (χ4n) is 33.2. The summed E-state index contributed by atoms with van der Waals surface area (Å²) in [5.41, 5.74) is 6.11. The molecule has 0 atom stereocenters. The van der Waals surface area contributed by atoms with Crippen molar-refractivity contribution in [2.24, 2.45) is 10.8 Å². The Labute approximate surface area is 699 Å². The van der Waals surface area contributed by atoms with E-state index in [0.717, 1.165) is 54.2 Å². The highest BCUT2D eigenvalue weighted by Crippen LogP contribution is 2.85. The largest absolute Gasteiger partial charge is 0.488 e. The summed E-state index contributed by atoms with van der Waals surface area (Å²) in [5.74, 6) is 13.3. The maximum Gasteiger partial charge on any atom is 0.180 e. The summed E-state index contributed by atoms with van der Waals surface area (Å²) in [6, 6.07) is 2.56. The Kier molecular flexibility index (Phi) is 9.92. The lowest BCUT2D eigenvalue weighted by atomic mass is 9.49. The molecule has 5 heterocycles. The molecule has 3 aromatic heterocycles. The van der Waals surface area contributed by atoms with Gasteiger partial charge >= 0.3 is 0 Å². The molecule has 0 bridgehead atoms. The van der Waals surface area contributed by atoms with Gasteiger partial charge in [-0.1, -0.05) is 194 Å². The van der Waals surface area contributed by atoms with Gasteiger partial charge in [0.15, 0.2) is 23.0 Å². The fraction of sp³-hybridized carbons (Fsp3) is 0.363. The number of unbranched alkanes of at least 4 members (excludes halogenated alkanes) is 20. The molecule has 0 saturated carbocycles. The second kappa shape index (κ2) is 19.1. The van der Waals surface area contributed by atoms with Crippen molar-refractivity contribution < 1.29 is 18.9 Å². The maximum atomic E-state index is 7.72. The van der Waals surface area contributed by atoms with Crippen LogP contribution in [0.25, 0.3) is 310 Å². The molecule has 28 aromatic carbocycles. The molecule has 4 aliphatic carbocycles. The molecule has 0 unspecified atom stereocenters. The molecule has 0 radical (unpaired) electrons. The number of hydrogen-bond donors (Lipinski definition) is 0. The lowest BCUT2D eigenvalue weighted by Gasteiger charge is -2.49. The third kappa shape index (κ3) is 5.52. The third-order valence-corrected chi connectivity index (χ3v) is 40.4.